The number of methoxy groups -OCH3 is 1. The van der Waals surface area contributed by atoms with Gasteiger partial charge in [0.25, 0.3) is 15.9 Å². The summed E-state index contributed by atoms with van der Waals surface area (Å²) in [7, 11) is -3.00. The first kappa shape index (κ1) is 36.4. The molecule has 274 valence electrons. The van der Waals surface area contributed by atoms with Crippen molar-refractivity contribution in [1.82, 2.24) is 19.8 Å². The van der Waals surface area contributed by atoms with E-state index in [-0.39, 0.29) is 34.3 Å². The molecule has 4 bridgehead atoms. The van der Waals surface area contributed by atoms with Crippen LogP contribution in [-0.2, 0) is 14.8 Å². The Morgan fingerprint density at radius 1 is 1.04 bits per heavy atom. The molecular formula is C36H42F3N5O6S. The Hall–Kier alpha value is -4.40. The van der Waals surface area contributed by atoms with Crippen LogP contribution in [0.5, 0.6) is 5.88 Å². The van der Waals surface area contributed by atoms with E-state index in [9.17, 15) is 31.2 Å². The van der Waals surface area contributed by atoms with E-state index in [1.807, 2.05) is 32.0 Å². The summed E-state index contributed by atoms with van der Waals surface area (Å²) in [6, 6.07) is 11.1. The molecule has 11 nitrogen and oxygen atoms in total. The standard InChI is InChI=1S/C36H42F3N5O6S/c1-22-8-6-9-23(2)30(22)28-17-29-41-32(40-28)42-51(47,48)27-11-7-10-24(16-27)31(45)44(26(21-50-29)18-34(3,4)36(37,38)39)25-19-35(20-25)12-14-43(15-13-35)33(46)49-5/h6-11,16-17,25-26H,12-15,18-21H2,1-5H3,(H,40,41,42)/t26-/m1/s1. The zero-order valence-corrected chi connectivity index (χ0v) is 30.0. The molecule has 1 saturated carbocycles. The summed E-state index contributed by atoms with van der Waals surface area (Å²) < 4.78 is 84.3. The van der Waals surface area contributed by atoms with E-state index in [2.05, 4.69) is 14.7 Å². The number of aromatic nitrogens is 2. The minimum atomic E-state index is -4.60. The fourth-order valence-electron chi connectivity index (χ4n) is 7.61. The zero-order valence-electron chi connectivity index (χ0n) is 29.2. The van der Waals surface area contributed by atoms with Crippen molar-refractivity contribution in [2.75, 3.05) is 31.5 Å². The average molecular weight is 730 g/mol. The molecule has 0 unspecified atom stereocenters. The second-order valence-corrected chi connectivity index (χ2v) is 16.3. The summed E-state index contributed by atoms with van der Waals surface area (Å²) in [5.74, 6) is -0.947. The largest absolute Gasteiger partial charge is 0.475 e. The zero-order chi connectivity index (χ0) is 36.9. The number of likely N-dealkylation sites (tertiary alicyclic amines) is 1. The fraction of sp³-hybridized carbons (Fsp3) is 0.500. The molecule has 1 atom stereocenters. The van der Waals surface area contributed by atoms with Crippen LogP contribution in [0, 0.1) is 24.7 Å². The molecule has 1 spiro atoms. The molecule has 2 amide bonds. The summed E-state index contributed by atoms with van der Waals surface area (Å²) in [4.78, 5) is 38.3. The number of piperidine rings is 1. The predicted octanol–water partition coefficient (Wildman–Crippen LogP) is 6.75. The van der Waals surface area contributed by atoms with Crippen LogP contribution in [0.1, 0.15) is 67.4 Å². The van der Waals surface area contributed by atoms with Gasteiger partial charge in [-0.3, -0.25) is 4.79 Å². The highest BCUT2D eigenvalue weighted by atomic mass is 32.2. The molecule has 3 aliphatic rings. The predicted molar refractivity (Wildman–Crippen MR) is 183 cm³/mol. The van der Waals surface area contributed by atoms with Crippen molar-refractivity contribution >= 4 is 28.0 Å². The maximum Gasteiger partial charge on any atom is 0.409 e. The maximum atomic E-state index is 14.5. The van der Waals surface area contributed by atoms with E-state index < -0.39 is 52.1 Å². The second kappa shape index (κ2) is 13.3. The Bertz CT molecular complexity index is 1920. The van der Waals surface area contributed by atoms with Crippen molar-refractivity contribution in [3.05, 3.63) is 65.2 Å². The first-order chi connectivity index (χ1) is 23.9. The number of fused-ring (bicyclic) bond motifs is 4. The lowest BCUT2D eigenvalue weighted by molar-refractivity contribution is -0.219. The quantitative estimate of drug-likeness (QED) is 0.312. The Morgan fingerprint density at radius 3 is 2.31 bits per heavy atom. The third-order valence-corrected chi connectivity index (χ3v) is 11.9. The molecule has 2 aromatic carbocycles. The number of nitrogens with zero attached hydrogens (tertiary/aromatic N) is 4. The number of sulfonamides is 1. The number of nitrogens with one attached hydrogen (secondary N) is 1. The van der Waals surface area contributed by atoms with Crippen LogP contribution in [0.25, 0.3) is 11.3 Å². The molecule has 1 aliphatic carbocycles. The fourth-order valence-corrected chi connectivity index (χ4v) is 8.60. The van der Waals surface area contributed by atoms with E-state index in [1.54, 1.807) is 4.90 Å². The smallest absolute Gasteiger partial charge is 0.409 e. The van der Waals surface area contributed by atoms with Gasteiger partial charge in [0.05, 0.1) is 29.2 Å². The number of anilines is 1. The van der Waals surface area contributed by atoms with Gasteiger partial charge in [-0.2, -0.15) is 18.2 Å². The van der Waals surface area contributed by atoms with Gasteiger partial charge < -0.3 is 19.3 Å². The van der Waals surface area contributed by atoms with Crippen molar-refractivity contribution < 1.29 is 40.7 Å². The van der Waals surface area contributed by atoms with E-state index >= 15 is 0 Å². The SMILES string of the molecule is COC(=O)N1CCC2(CC1)CC(N1C(=O)c3cccc(c3)S(=O)(=O)Nc3nc(cc(-c4c(C)cccc4C)n3)OC[C@H]1CC(C)(C)C(F)(F)F)C2. The number of rotatable bonds is 4. The number of amides is 2. The topological polar surface area (TPSA) is 131 Å². The van der Waals surface area contributed by atoms with Gasteiger partial charge >= 0.3 is 12.3 Å². The Morgan fingerprint density at radius 2 is 1.69 bits per heavy atom. The third kappa shape index (κ3) is 7.22. The molecule has 2 fully saturated rings. The minimum absolute atomic E-state index is 0.0113. The second-order valence-electron chi connectivity index (χ2n) is 14.6. The number of hydrogen-bond acceptors (Lipinski definition) is 8. The summed E-state index contributed by atoms with van der Waals surface area (Å²) in [6.07, 6.45) is -3.19. The Kier molecular flexibility index (Phi) is 9.49. The molecule has 1 aromatic heterocycles. The third-order valence-electron chi connectivity index (χ3n) is 10.6. The lowest BCUT2D eigenvalue weighted by Gasteiger charge is -2.56. The first-order valence-electron chi connectivity index (χ1n) is 16.9. The van der Waals surface area contributed by atoms with E-state index in [4.69, 9.17) is 9.47 Å². The molecule has 1 saturated heterocycles. The number of ether oxygens (including phenoxy) is 2. The summed E-state index contributed by atoms with van der Waals surface area (Å²) in [6.45, 7) is 6.54. The van der Waals surface area contributed by atoms with Crippen molar-refractivity contribution in [1.29, 1.82) is 0 Å². The molecule has 51 heavy (non-hydrogen) atoms. The van der Waals surface area contributed by atoms with Crippen molar-refractivity contribution in [3.63, 3.8) is 0 Å². The van der Waals surface area contributed by atoms with Gasteiger partial charge in [0.1, 0.15) is 6.61 Å². The Balaban J connectivity index is 1.44. The van der Waals surface area contributed by atoms with Crippen LogP contribution in [0.15, 0.2) is 53.4 Å². The molecule has 0 radical (unpaired) electrons. The summed E-state index contributed by atoms with van der Waals surface area (Å²) in [5, 5.41) is 0. The first-order valence-corrected chi connectivity index (χ1v) is 18.3. The number of hydrogen-bond donors (Lipinski definition) is 1. The van der Waals surface area contributed by atoms with E-state index in [0.29, 0.717) is 44.5 Å². The minimum Gasteiger partial charge on any atom is -0.475 e. The highest BCUT2D eigenvalue weighted by molar-refractivity contribution is 7.92. The van der Waals surface area contributed by atoms with Gasteiger partial charge in [0, 0.05) is 36.3 Å². The average Bonchev–Trinajstić information content (AvgIpc) is 3.05. The van der Waals surface area contributed by atoms with E-state index in [0.717, 1.165) is 30.5 Å². The monoisotopic (exact) mass is 729 g/mol. The summed E-state index contributed by atoms with van der Waals surface area (Å²) >= 11 is 0. The Labute approximate surface area is 295 Å². The van der Waals surface area contributed by atoms with Crippen molar-refractivity contribution in [2.45, 2.75) is 83.0 Å². The van der Waals surface area contributed by atoms with Crippen LogP contribution in [0.4, 0.5) is 23.9 Å². The normalized spacial score (nSPS) is 20.6. The van der Waals surface area contributed by atoms with Gasteiger partial charge in [-0.15, -0.1) is 0 Å². The highest BCUT2D eigenvalue weighted by Crippen LogP contribution is 2.53. The number of aryl methyl sites for hydroxylation is 2. The molecule has 2 aliphatic heterocycles. The van der Waals surface area contributed by atoms with Gasteiger partial charge in [-0.1, -0.05) is 38.1 Å². The molecule has 3 heterocycles. The number of halogens is 3. The van der Waals surface area contributed by atoms with Crippen LogP contribution >= 0.6 is 0 Å². The van der Waals surface area contributed by atoms with Gasteiger partial charge in [-0.05, 0) is 80.7 Å². The number of benzene rings is 2. The van der Waals surface area contributed by atoms with Crippen LogP contribution in [-0.4, -0.2) is 85.3 Å². The van der Waals surface area contributed by atoms with Crippen molar-refractivity contribution in [2.24, 2.45) is 10.8 Å². The highest BCUT2D eigenvalue weighted by Gasteiger charge is 2.54. The maximum absolute atomic E-state index is 14.5. The lowest BCUT2D eigenvalue weighted by atomic mass is 9.59. The number of carbonyl (C=O) groups is 2. The molecule has 15 heteroatoms. The van der Waals surface area contributed by atoms with Gasteiger partial charge in [0.15, 0.2) is 0 Å². The molecule has 3 aromatic rings. The number of alkyl halides is 3. The summed E-state index contributed by atoms with van der Waals surface area (Å²) in [5.41, 5.74) is 0.385. The number of carbonyl (C=O) groups excluding carboxylic acids is 2. The van der Waals surface area contributed by atoms with Crippen LogP contribution in [0.2, 0.25) is 0 Å². The van der Waals surface area contributed by atoms with Crippen LogP contribution in [0.3, 0.4) is 0 Å². The van der Waals surface area contributed by atoms with E-state index in [1.165, 1.54) is 42.3 Å². The lowest BCUT2D eigenvalue weighted by Crippen LogP contribution is -2.61. The van der Waals surface area contributed by atoms with Crippen LogP contribution < -0.4 is 9.46 Å². The van der Waals surface area contributed by atoms with Gasteiger partial charge in [-0.25, -0.2) is 22.9 Å². The van der Waals surface area contributed by atoms with Gasteiger partial charge in [0.2, 0.25) is 11.8 Å². The molecular weight excluding hydrogens is 687 g/mol. The van der Waals surface area contributed by atoms with Crippen molar-refractivity contribution in [3.8, 4) is 17.1 Å². The molecule has 6 rings (SSSR count). The molecule has 1 N–H and O–H groups in total.